The van der Waals surface area contributed by atoms with Gasteiger partial charge in [-0.25, -0.2) is 0 Å². The van der Waals surface area contributed by atoms with Crippen LogP contribution >= 0.6 is 0 Å². The fraction of sp³-hybridized carbons (Fsp3) is 0.938. The van der Waals surface area contributed by atoms with Crippen molar-refractivity contribution in [3.63, 3.8) is 0 Å². The fourth-order valence-corrected chi connectivity index (χ4v) is 1.15. The molecule has 0 aliphatic heterocycles. The lowest BCUT2D eigenvalue weighted by atomic mass is 9.94. The van der Waals surface area contributed by atoms with Crippen LogP contribution in [0.4, 0.5) is 0 Å². The molecule has 18 heavy (non-hydrogen) atoms. The highest BCUT2D eigenvalue weighted by atomic mass is 16.2. The molecule has 0 fully saturated rings. The maximum atomic E-state index is 11.7. The van der Waals surface area contributed by atoms with Crippen LogP contribution in [0.5, 0.6) is 0 Å². The Morgan fingerprint density at radius 2 is 1.22 bits per heavy atom. The number of nitrogens with zero attached hydrogens (tertiary/aromatic N) is 1. The summed E-state index contributed by atoms with van der Waals surface area (Å²) in [5.41, 5.74) is -0.231. The second kappa shape index (κ2) is 18.8. The zero-order chi connectivity index (χ0) is 15.8. The van der Waals surface area contributed by atoms with Gasteiger partial charge in [0.15, 0.2) is 0 Å². The SMILES string of the molecule is CC.CC.CC.CCCN(CC)C(=O)C(C)(C)C. The van der Waals surface area contributed by atoms with Gasteiger partial charge < -0.3 is 4.90 Å². The first-order valence-electron chi connectivity index (χ1n) is 7.72. The molecule has 1 amide bonds. The summed E-state index contributed by atoms with van der Waals surface area (Å²) in [4.78, 5) is 13.6. The van der Waals surface area contributed by atoms with E-state index in [-0.39, 0.29) is 11.3 Å². The van der Waals surface area contributed by atoms with Gasteiger partial charge in [-0.05, 0) is 13.3 Å². The summed E-state index contributed by atoms with van der Waals surface area (Å²) in [5, 5.41) is 0. The second-order valence-corrected chi connectivity index (χ2v) is 4.13. The smallest absolute Gasteiger partial charge is 0.227 e. The van der Waals surface area contributed by atoms with Gasteiger partial charge in [-0.3, -0.25) is 4.79 Å². The summed E-state index contributed by atoms with van der Waals surface area (Å²) in [5.74, 6) is 0.256. The van der Waals surface area contributed by atoms with E-state index in [1.54, 1.807) is 0 Å². The number of amides is 1. The number of hydrogen-bond acceptors (Lipinski definition) is 1. The number of carbonyl (C=O) groups is 1. The predicted octanol–water partition coefficient (Wildman–Crippen LogP) is 5.37. The molecule has 0 aromatic carbocycles. The number of carbonyl (C=O) groups excluding carboxylic acids is 1. The zero-order valence-electron chi connectivity index (χ0n) is 15.0. The first kappa shape index (κ1) is 26.1. The summed E-state index contributed by atoms with van der Waals surface area (Å²) in [7, 11) is 0. The zero-order valence-corrected chi connectivity index (χ0v) is 15.0. The molecule has 0 radical (unpaired) electrons. The van der Waals surface area contributed by atoms with Crippen LogP contribution in [0.3, 0.4) is 0 Å². The van der Waals surface area contributed by atoms with E-state index < -0.39 is 0 Å². The molecule has 0 heterocycles. The Morgan fingerprint density at radius 3 is 1.39 bits per heavy atom. The van der Waals surface area contributed by atoms with Crippen LogP contribution in [0.2, 0.25) is 0 Å². The van der Waals surface area contributed by atoms with Crippen LogP contribution in [0, 0.1) is 5.41 Å². The first-order chi connectivity index (χ1) is 8.43. The molecule has 0 aromatic rings. The van der Waals surface area contributed by atoms with E-state index in [0.717, 1.165) is 19.5 Å². The molecule has 0 unspecified atom stereocenters. The van der Waals surface area contributed by atoms with Crippen LogP contribution in [-0.2, 0) is 4.79 Å². The molecule has 0 saturated carbocycles. The highest BCUT2D eigenvalue weighted by Crippen LogP contribution is 2.17. The molecule has 2 nitrogen and oxygen atoms in total. The van der Waals surface area contributed by atoms with Gasteiger partial charge in [-0.1, -0.05) is 69.2 Å². The molecule has 0 spiro atoms. The Kier molecular flexibility index (Phi) is 27.3. The second-order valence-electron chi connectivity index (χ2n) is 4.13. The summed E-state index contributed by atoms with van der Waals surface area (Å²) in [6.07, 6.45) is 1.04. The number of rotatable bonds is 3. The first-order valence-corrected chi connectivity index (χ1v) is 7.72. The standard InChI is InChI=1S/C10H21NO.3C2H6/c1-6-8-11(7-2)9(12)10(3,4)5;3*1-2/h6-8H2,1-5H3;3*1-2H3. The quantitative estimate of drug-likeness (QED) is 0.669. The normalized spacial score (nSPS) is 8.61. The van der Waals surface area contributed by atoms with Crippen LogP contribution in [0.1, 0.15) is 82.6 Å². The third kappa shape index (κ3) is 15.5. The fourth-order valence-electron chi connectivity index (χ4n) is 1.15. The summed E-state index contributed by atoms with van der Waals surface area (Å²) in [6.45, 7) is 23.7. The van der Waals surface area contributed by atoms with E-state index in [4.69, 9.17) is 0 Å². The van der Waals surface area contributed by atoms with Crippen molar-refractivity contribution >= 4 is 5.91 Å². The van der Waals surface area contributed by atoms with Gasteiger partial charge in [-0.15, -0.1) is 0 Å². The minimum atomic E-state index is -0.231. The van der Waals surface area contributed by atoms with Gasteiger partial charge in [0, 0.05) is 18.5 Å². The number of hydrogen-bond donors (Lipinski definition) is 0. The minimum Gasteiger partial charge on any atom is -0.343 e. The third-order valence-corrected chi connectivity index (χ3v) is 1.80. The molecule has 2 heteroatoms. The van der Waals surface area contributed by atoms with Gasteiger partial charge >= 0.3 is 0 Å². The van der Waals surface area contributed by atoms with E-state index in [1.165, 1.54) is 0 Å². The van der Waals surface area contributed by atoms with Crippen LogP contribution in [-0.4, -0.2) is 23.9 Å². The topological polar surface area (TPSA) is 20.3 Å². The molecule has 0 saturated heterocycles. The summed E-state index contributed by atoms with van der Waals surface area (Å²) < 4.78 is 0. The molecular formula is C16H39NO. The summed E-state index contributed by atoms with van der Waals surface area (Å²) >= 11 is 0. The van der Waals surface area contributed by atoms with Crippen molar-refractivity contribution in [2.75, 3.05) is 13.1 Å². The lowest BCUT2D eigenvalue weighted by Crippen LogP contribution is -2.39. The van der Waals surface area contributed by atoms with Crippen LogP contribution < -0.4 is 0 Å². The summed E-state index contributed by atoms with van der Waals surface area (Å²) in [6, 6.07) is 0. The molecule has 0 bridgehead atoms. The lowest BCUT2D eigenvalue weighted by molar-refractivity contribution is -0.139. The van der Waals surface area contributed by atoms with Crippen LogP contribution in [0.15, 0.2) is 0 Å². The van der Waals surface area contributed by atoms with Gasteiger partial charge in [0.2, 0.25) is 5.91 Å². The maximum absolute atomic E-state index is 11.7. The van der Waals surface area contributed by atoms with Gasteiger partial charge in [-0.2, -0.15) is 0 Å². The van der Waals surface area contributed by atoms with Crippen molar-refractivity contribution in [2.24, 2.45) is 5.41 Å². The Hall–Kier alpha value is -0.530. The highest BCUT2D eigenvalue weighted by Gasteiger charge is 2.25. The Morgan fingerprint density at radius 1 is 0.889 bits per heavy atom. The molecule has 114 valence electrons. The van der Waals surface area contributed by atoms with Gasteiger partial charge in [0.05, 0.1) is 0 Å². The predicted molar refractivity (Wildman–Crippen MR) is 86.0 cm³/mol. The van der Waals surface area contributed by atoms with E-state index >= 15 is 0 Å². The lowest BCUT2D eigenvalue weighted by Gasteiger charge is -2.28. The van der Waals surface area contributed by atoms with Crippen molar-refractivity contribution in [1.82, 2.24) is 4.90 Å². The van der Waals surface area contributed by atoms with E-state index in [9.17, 15) is 4.79 Å². The monoisotopic (exact) mass is 261 g/mol. The Bertz CT molecular complexity index is 148. The van der Waals surface area contributed by atoms with Gasteiger partial charge in [0.1, 0.15) is 0 Å². The molecule has 0 atom stereocenters. The molecule has 0 aliphatic carbocycles. The third-order valence-electron chi connectivity index (χ3n) is 1.80. The average Bonchev–Trinajstić information content (AvgIpc) is 2.41. The molecule has 0 aliphatic rings. The van der Waals surface area contributed by atoms with E-state index in [1.807, 2.05) is 74.1 Å². The molecule has 0 N–H and O–H groups in total. The van der Waals surface area contributed by atoms with Crippen molar-refractivity contribution in [1.29, 1.82) is 0 Å². The Labute approximate surface area is 117 Å². The van der Waals surface area contributed by atoms with E-state index in [2.05, 4.69) is 6.92 Å². The maximum Gasteiger partial charge on any atom is 0.227 e. The van der Waals surface area contributed by atoms with Gasteiger partial charge in [0.25, 0.3) is 0 Å². The largest absolute Gasteiger partial charge is 0.343 e. The molecular weight excluding hydrogens is 222 g/mol. The van der Waals surface area contributed by atoms with E-state index in [0.29, 0.717) is 0 Å². The molecule has 0 rings (SSSR count). The van der Waals surface area contributed by atoms with Crippen molar-refractivity contribution in [3.05, 3.63) is 0 Å². The average molecular weight is 261 g/mol. The molecule has 0 aromatic heterocycles. The van der Waals surface area contributed by atoms with Crippen molar-refractivity contribution in [2.45, 2.75) is 82.6 Å². The van der Waals surface area contributed by atoms with Crippen LogP contribution in [0.25, 0.3) is 0 Å². The van der Waals surface area contributed by atoms with Crippen molar-refractivity contribution in [3.8, 4) is 0 Å². The highest BCUT2D eigenvalue weighted by molar-refractivity contribution is 5.81. The Balaban J connectivity index is -0.000000141. The van der Waals surface area contributed by atoms with Crippen molar-refractivity contribution < 1.29 is 4.79 Å². The minimum absolute atomic E-state index is 0.231.